The molecular weight excluding hydrogens is 442 g/mol. The smallest absolute Gasteiger partial charge is 0.335 e. The third-order valence-electron chi connectivity index (χ3n) is 5.52. The number of rotatable bonds is 7. The summed E-state index contributed by atoms with van der Waals surface area (Å²) in [6, 6.07) is 21.0. The minimum absolute atomic E-state index is 0.00590. The van der Waals surface area contributed by atoms with Gasteiger partial charge in [-0.2, -0.15) is 5.10 Å². The van der Waals surface area contributed by atoms with E-state index in [1.165, 1.54) is 0 Å². The van der Waals surface area contributed by atoms with Gasteiger partial charge in [0.15, 0.2) is 0 Å². The molecule has 35 heavy (non-hydrogen) atoms. The number of hydrogen-bond acceptors (Lipinski definition) is 6. The van der Waals surface area contributed by atoms with Crippen LogP contribution in [0.5, 0.6) is 5.88 Å². The number of aromatic nitrogens is 3. The molecule has 8 nitrogen and oxygen atoms in total. The summed E-state index contributed by atoms with van der Waals surface area (Å²) in [5, 5.41) is 19.9. The van der Waals surface area contributed by atoms with Crippen LogP contribution in [0.1, 0.15) is 15.9 Å². The average molecular weight is 472 g/mol. The molecule has 0 saturated carbocycles. The zero-order chi connectivity index (χ0) is 24.5. The molecule has 0 spiro atoms. The van der Waals surface area contributed by atoms with E-state index in [9.17, 15) is 4.79 Å². The summed E-state index contributed by atoms with van der Waals surface area (Å²) >= 11 is 0. The van der Waals surface area contributed by atoms with E-state index in [0.717, 1.165) is 35.3 Å². The molecule has 1 aliphatic rings. The van der Waals surface area contributed by atoms with Gasteiger partial charge in [0.25, 0.3) is 0 Å². The lowest BCUT2D eigenvalue weighted by atomic mass is 10.1. The number of carboxylic acid groups (broad SMARTS) is 1. The number of benzene rings is 2. The zero-order valence-electron chi connectivity index (χ0n) is 19.6. The largest absolute Gasteiger partial charge is 0.478 e. The molecule has 5 rings (SSSR count). The van der Waals surface area contributed by atoms with Crippen LogP contribution in [0.2, 0.25) is 0 Å². The highest BCUT2D eigenvalue weighted by molar-refractivity contribution is 5.87. The maximum Gasteiger partial charge on any atom is 0.335 e. The number of anilines is 1. The van der Waals surface area contributed by atoms with Gasteiger partial charge in [-0.1, -0.05) is 48.5 Å². The highest BCUT2D eigenvalue weighted by Crippen LogP contribution is 2.30. The number of hydrogen-bond donors (Lipinski definition) is 3. The second kappa shape index (κ2) is 11.8. The Morgan fingerprint density at radius 1 is 1.11 bits per heavy atom. The molecule has 2 aromatic carbocycles. The maximum absolute atomic E-state index is 10.9. The number of aromatic carboxylic acids is 1. The predicted octanol–water partition coefficient (Wildman–Crippen LogP) is 3.87. The third-order valence-corrected chi connectivity index (χ3v) is 5.52. The van der Waals surface area contributed by atoms with Crippen molar-refractivity contribution in [1.82, 2.24) is 20.1 Å². The van der Waals surface area contributed by atoms with Gasteiger partial charge in [0.1, 0.15) is 6.10 Å². The van der Waals surface area contributed by atoms with Crippen molar-refractivity contribution < 1.29 is 14.6 Å². The molecule has 0 bridgehead atoms. The van der Waals surface area contributed by atoms with Crippen LogP contribution in [0.25, 0.3) is 11.1 Å². The molecule has 180 valence electrons. The first kappa shape index (κ1) is 24.0. The standard InChI is InChI=1S/C21H23N5O3.C6H6/c1-26-13-17(10-25-26)16-8-19-20(24-9-16)29-18(12-23-19)11-22-7-6-14-2-4-15(5-3-14)21(27)28;1-2-4-6-5-3-1/h2-5,8-10,13,18,22-23H,6-7,11-12H2,1H3,(H,27,28);1-6H. The molecule has 0 fully saturated rings. The van der Waals surface area contributed by atoms with Gasteiger partial charge in [0.05, 0.1) is 24.0 Å². The van der Waals surface area contributed by atoms with Crippen LogP contribution in [-0.2, 0) is 13.5 Å². The molecule has 4 aromatic rings. The Bertz CT molecular complexity index is 1200. The van der Waals surface area contributed by atoms with Gasteiger partial charge in [0.2, 0.25) is 5.88 Å². The fraction of sp³-hybridized carbons (Fsp3) is 0.222. The molecule has 2 aromatic heterocycles. The van der Waals surface area contributed by atoms with E-state index in [-0.39, 0.29) is 6.10 Å². The van der Waals surface area contributed by atoms with Gasteiger partial charge in [-0.25, -0.2) is 9.78 Å². The Hall–Kier alpha value is -4.17. The van der Waals surface area contributed by atoms with Crippen LogP contribution in [0.4, 0.5) is 5.69 Å². The lowest BCUT2D eigenvalue weighted by molar-refractivity contribution is 0.0697. The lowest BCUT2D eigenvalue weighted by Gasteiger charge is -2.27. The normalized spacial score (nSPS) is 14.0. The first-order valence-electron chi connectivity index (χ1n) is 11.5. The molecule has 0 radical (unpaired) electrons. The Kier molecular flexibility index (Phi) is 8.08. The van der Waals surface area contributed by atoms with E-state index in [4.69, 9.17) is 9.84 Å². The summed E-state index contributed by atoms with van der Waals surface area (Å²) < 4.78 is 7.76. The number of fused-ring (bicyclic) bond motifs is 1. The third kappa shape index (κ3) is 6.91. The van der Waals surface area contributed by atoms with Crippen molar-refractivity contribution >= 4 is 11.7 Å². The van der Waals surface area contributed by atoms with Gasteiger partial charge in [-0.05, 0) is 36.7 Å². The summed E-state index contributed by atoms with van der Waals surface area (Å²) in [7, 11) is 1.89. The number of aryl methyl sites for hydroxylation is 1. The minimum atomic E-state index is -0.905. The van der Waals surface area contributed by atoms with Crippen LogP contribution < -0.4 is 15.4 Å². The van der Waals surface area contributed by atoms with E-state index in [0.29, 0.717) is 24.5 Å². The van der Waals surface area contributed by atoms with E-state index in [2.05, 4.69) is 20.7 Å². The Balaban J connectivity index is 0.000000421. The molecule has 0 amide bonds. The number of pyridine rings is 1. The SMILES string of the molecule is Cn1cc(-c2cnc3c(c2)NCC(CNCCc2ccc(C(=O)O)cc2)O3)cn1.c1ccccc1. The quantitative estimate of drug-likeness (QED) is 0.352. The van der Waals surface area contributed by atoms with Crippen LogP contribution in [0.15, 0.2) is 85.3 Å². The molecule has 8 heteroatoms. The van der Waals surface area contributed by atoms with Crippen LogP contribution in [-0.4, -0.2) is 51.6 Å². The molecule has 1 atom stereocenters. The molecule has 3 N–H and O–H groups in total. The number of carboxylic acids is 1. The van der Waals surface area contributed by atoms with Crippen molar-refractivity contribution in [1.29, 1.82) is 0 Å². The summed E-state index contributed by atoms with van der Waals surface area (Å²) in [5.74, 6) is -0.294. The molecular formula is C27H29N5O3. The van der Waals surface area contributed by atoms with Gasteiger partial charge >= 0.3 is 5.97 Å². The fourth-order valence-electron chi connectivity index (χ4n) is 3.63. The van der Waals surface area contributed by atoms with Gasteiger partial charge < -0.3 is 20.5 Å². The molecule has 3 heterocycles. The van der Waals surface area contributed by atoms with Crippen LogP contribution >= 0.6 is 0 Å². The van der Waals surface area contributed by atoms with Crippen molar-refractivity contribution in [2.24, 2.45) is 7.05 Å². The highest BCUT2D eigenvalue weighted by Gasteiger charge is 2.20. The highest BCUT2D eigenvalue weighted by atomic mass is 16.5. The summed E-state index contributed by atoms with van der Waals surface area (Å²) in [6.07, 6.45) is 6.38. The number of nitrogens with zero attached hydrogens (tertiary/aromatic N) is 3. The second-order valence-corrected chi connectivity index (χ2v) is 8.21. The molecule has 1 aliphatic heterocycles. The van der Waals surface area contributed by atoms with Crippen molar-refractivity contribution in [3.63, 3.8) is 0 Å². The van der Waals surface area contributed by atoms with E-state index in [1.54, 1.807) is 23.0 Å². The number of carbonyl (C=O) groups is 1. The number of ether oxygens (including phenoxy) is 1. The first-order valence-corrected chi connectivity index (χ1v) is 11.5. The average Bonchev–Trinajstić information content (AvgIpc) is 3.34. The van der Waals surface area contributed by atoms with E-state index >= 15 is 0 Å². The lowest BCUT2D eigenvalue weighted by Crippen LogP contribution is -2.40. The summed E-state index contributed by atoms with van der Waals surface area (Å²) in [5.41, 5.74) is 4.31. The molecule has 1 unspecified atom stereocenters. The van der Waals surface area contributed by atoms with Crippen molar-refractivity contribution in [2.45, 2.75) is 12.5 Å². The van der Waals surface area contributed by atoms with E-state index in [1.807, 2.05) is 74.0 Å². The Morgan fingerprint density at radius 2 is 1.83 bits per heavy atom. The van der Waals surface area contributed by atoms with Crippen LogP contribution in [0.3, 0.4) is 0 Å². The zero-order valence-corrected chi connectivity index (χ0v) is 19.6. The van der Waals surface area contributed by atoms with E-state index < -0.39 is 5.97 Å². The predicted molar refractivity (Wildman–Crippen MR) is 136 cm³/mol. The Labute approximate surface area is 204 Å². The topological polar surface area (TPSA) is 101 Å². The Morgan fingerprint density at radius 3 is 2.46 bits per heavy atom. The minimum Gasteiger partial charge on any atom is -0.478 e. The first-order chi connectivity index (χ1) is 17.1. The van der Waals surface area contributed by atoms with Crippen LogP contribution in [0, 0.1) is 0 Å². The summed E-state index contributed by atoms with van der Waals surface area (Å²) in [4.78, 5) is 15.3. The van der Waals surface area contributed by atoms with Gasteiger partial charge in [-0.15, -0.1) is 0 Å². The van der Waals surface area contributed by atoms with Gasteiger partial charge in [0, 0.05) is 37.1 Å². The number of nitrogens with one attached hydrogen (secondary N) is 2. The van der Waals surface area contributed by atoms with Crippen molar-refractivity contribution in [3.8, 4) is 17.0 Å². The molecule has 0 aliphatic carbocycles. The van der Waals surface area contributed by atoms with Crippen molar-refractivity contribution in [3.05, 3.63) is 96.4 Å². The van der Waals surface area contributed by atoms with Gasteiger partial charge in [-0.3, -0.25) is 4.68 Å². The maximum atomic E-state index is 10.9. The second-order valence-electron chi connectivity index (χ2n) is 8.21. The van der Waals surface area contributed by atoms with Crippen molar-refractivity contribution in [2.75, 3.05) is 25.0 Å². The molecule has 0 saturated heterocycles. The monoisotopic (exact) mass is 471 g/mol. The fourth-order valence-corrected chi connectivity index (χ4v) is 3.63. The summed E-state index contributed by atoms with van der Waals surface area (Å²) in [6.45, 7) is 2.18.